The molecule has 3 rings (SSSR count). The van der Waals surface area contributed by atoms with Gasteiger partial charge in [-0.15, -0.1) is 0 Å². The first-order valence-corrected chi connectivity index (χ1v) is 8.17. The maximum absolute atomic E-state index is 12.4. The second kappa shape index (κ2) is 7.26. The molecule has 0 atom stereocenters. The highest BCUT2D eigenvalue weighted by Gasteiger charge is 2.17. The highest BCUT2D eigenvalue weighted by Crippen LogP contribution is 2.24. The number of aromatic nitrogens is 1. The van der Waals surface area contributed by atoms with Gasteiger partial charge in [-0.3, -0.25) is 14.9 Å². The number of fused-ring (bicyclic) bond motifs is 1. The maximum Gasteiger partial charge on any atom is 0.273 e. The van der Waals surface area contributed by atoms with Gasteiger partial charge < -0.3 is 15.0 Å². The van der Waals surface area contributed by atoms with E-state index in [1.165, 1.54) is 12.1 Å². The highest BCUT2D eigenvalue weighted by molar-refractivity contribution is 5.96. The molecular formula is C19H19N3O4. The fourth-order valence-electron chi connectivity index (χ4n) is 2.97. The van der Waals surface area contributed by atoms with E-state index in [1.54, 1.807) is 20.1 Å². The van der Waals surface area contributed by atoms with Gasteiger partial charge in [0.05, 0.1) is 12.0 Å². The molecule has 0 unspecified atom stereocenters. The van der Waals surface area contributed by atoms with Gasteiger partial charge >= 0.3 is 0 Å². The molecule has 0 aliphatic carbocycles. The zero-order chi connectivity index (χ0) is 18.7. The van der Waals surface area contributed by atoms with E-state index < -0.39 is 4.92 Å². The van der Waals surface area contributed by atoms with E-state index in [2.05, 4.69) is 10.3 Å². The molecule has 0 fully saturated rings. The number of nitrogens with one attached hydrogen (secondary N) is 2. The van der Waals surface area contributed by atoms with Gasteiger partial charge in [0, 0.05) is 46.9 Å². The third-order valence-electron chi connectivity index (χ3n) is 4.40. The molecule has 2 aromatic carbocycles. The van der Waals surface area contributed by atoms with Crippen LogP contribution in [0.5, 0.6) is 5.75 Å². The zero-order valence-electron chi connectivity index (χ0n) is 14.5. The minimum Gasteiger partial charge on any atom is -0.497 e. The minimum atomic E-state index is -0.480. The maximum atomic E-state index is 12.4. The number of hydrogen-bond acceptors (Lipinski definition) is 4. The first kappa shape index (κ1) is 17.5. The van der Waals surface area contributed by atoms with Crippen molar-refractivity contribution in [1.29, 1.82) is 0 Å². The van der Waals surface area contributed by atoms with Crippen LogP contribution in [0.25, 0.3) is 10.9 Å². The van der Waals surface area contributed by atoms with Crippen LogP contribution >= 0.6 is 0 Å². The third-order valence-corrected chi connectivity index (χ3v) is 4.40. The lowest BCUT2D eigenvalue weighted by atomic mass is 10.1. The van der Waals surface area contributed by atoms with Crippen molar-refractivity contribution in [3.63, 3.8) is 0 Å². The van der Waals surface area contributed by atoms with Gasteiger partial charge in [0.1, 0.15) is 5.75 Å². The largest absolute Gasteiger partial charge is 0.497 e. The van der Waals surface area contributed by atoms with Crippen LogP contribution in [0, 0.1) is 17.0 Å². The van der Waals surface area contributed by atoms with E-state index in [1.807, 2.05) is 24.4 Å². The molecule has 0 radical (unpaired) electrons. The van der Waals surface area contributed by atoms with Gasteiger partial charge in [-0.1, -0.05) is 6.07 Å². The van der Waals surface area contributed by atoms with E-state index in [-0.39, 0.29) is 11.6 Å². The Morgan fingerprint density at radius 3 is 2.85 bits per heavy atom. The lowest BCUT2D eigenvalue weighted by molar-refractivity contribution is -0.385. The van der Waals surface area contributed by atoms with Crippen molar-refractivity contribution >= 4 is 22.5 Å². The van der Waals surface area contributed by atoms with Crippen molar-refractivity contribution in [1.82, 2.24) is 10.3 Å². The van der Waals surface area contributed by atoms with Crippen LogP contribution in [-0.4, -0.2) is 29.5 Å². The number of benzene rings is 2. The molecule has 134 valence electrons. The zero-order valence-corrected chi connectivity index (χ0v) is 14.5. The summed E-state index contributed by atoms with van der Waals surface area (Å²) in [6, 6.07) is 10.3. The molecule has 0 saturated carbocycles. The summed E-state index contributed by atoms with van der Waals surface area (Å²) >= 11 is 0. The smallest absolute Gasteiger partial charge is 0.273 e. The Balaban J connectivity index is 1.68. The van der Waals surface area contributed by atoms with Crippen molar-refractivity contribution in [2.24, 2.45) is 0 Å². The molecule has 1 amide bonds. The number of nitrogens with zero attached hydrogens (tertiary/aromatic N) is 1. The Hall–Kier alpha value is -3.35. The number of carbonyl (C=O) groups is 1. The Morgan fingerprint density at radius 2 is 2.12 bits per heavy atom. The van der Waals surface area contributed by atoms with Crippen molar-refractivity contribution in [3.8, 4) is 5.75 Å². The average molecular weight is 353 g/mol. The summed E-state index contributed by atoms with van der Waals surface area (Å²) in [5.74, 6) is 0.466. The number of carbonyl (C=O) groups excluding carboxylic acids is 1. The van der Waals surface area contributed by atoms with Crippen molar-refractivity contribution in [3.05, 3.63) is 69.4 Å². The molecule has 1 heterocycles. The summed E-state index contributed by atoms with van der Waals surface area (Å²) in [7, 11) is 1.62. The summed E-state index contributed by atoms with van der Waals surface area (Å²) in [5, 5.41) is 14.9. The van der Waals surface area contributed by atoms with E-state index >= 15 is 0 Å². The predicted octanol–water partition coefficient (Wildman–Crippen LogP) is 3.37. The van der Waals surface area contributed by atoms with E-state index in [4.69, 9.17) is 4.74 Å². The monoisotopic (exact) mass is 353 g/mol. The minimum absolute atomic E-state index is 0.0526. The molecule has 2 N–H and O–H groups in total. The van der Waals surface area contributed by atoms with Gasteiger partial charge in [0.15, 0.2) is 0 Å². The van der Waals surface area contributed by atoms with Gasteiger partial charge in [0.25, 0.3) is 11.6 Å². The van der Waals surface area contributed by atoms with Crippen LogP contribution in [-0.2, 0) is 6.42 Å². The quantitative estimate of drug-likeness (QED) is 0.524. The van der Waals surface area contributed by atoms with Crippen LogP contribution in [0.15, 0.2) is 42.6 Å². The molecule has 7 nitrogen and oxygen atoms in total. The fraction of sp³-hybridized carbons (Fsp3) is 0.211. The Kier molecular flexibility index (Phi) is 4.88. The Labute approximate surface area is 150 Å². The predicted molar refractivity (Wildman–Crippen MR) is 98.7 cm³/mol. The summed E-state index contributed by atoms with van der Waals surface area (Å²) in [5.41, 5.74) is 2.69. The molecule has 3 aromatic rings. The molecule has 0 saturated heterocycles. The van der Waals surface area contributed by atoms with Gasteiger partial charge in [0.2, 0.25) is 0 Å². The lowest BCUT2D eigenvalue weighted by Gasteiger charge is -2.08. The van der Waals surface area contributed by atoms with Crippen LogP contribution in [0.3, 0.4) is 0 Å². The number of nitro groups is 1. The molecule has 26 heavy (non-hydrogen) atoms. The van der Waals surface area contributed by atoms with Crippen molar-refractivity contribution in [2.45, 2.75) is 13.3 Å². The van der Waals surface area contributed by atoms with E-state index in [0.717, 1.165) is 22.2 Å². The Morgan fingerprint density at radius 1 is 1.31 bits per heavy atom. The number of amides is 1. The van der Waals surface area contributed by atoms with Gasteiger partial charge in [-0.25, -0.2) is 0 Å². The average Bonchev–Trinajstić information content (AvgIpc) is 3.03. The summed E-state index contributed by atoms with van der Waals surface area (Å²) in [6.07, 6.45) is 2.56. The number of rotatable bonds is 6. The van der Waals surface area contributed by atoms with Gasteiger partial charge in [-0.2, -0.15) is 0 Å². The summed E-state index contributed by atoms with van der Waals surface area (Å²) < 4.78 is 5.21. The molecule has 0 bridgehead atoms. The number of ether oxygens (including phenoxy) is 1. The summed E-state index contributed by atoms with van der Waals surface area (Å²) in [6.45, 7) is 2.01. The first-order chi connectivity index (χ1) is 12.5. The third kappa shape index (κ3) is 3.37. The normalized spacial score (nSPS) is 10.7. The molecule has 1 aromatic heterocycles. The van der Waals surface area contributed by atoms with Crippen LogP contribution in [0.2, 0.25) is 0 Å². The molecule has 7 heteroatoms. The van der Waals surface area contributed by atoms with Crippen molar-refractivity contribution < 1.29 is 14.5 Å². The van der Waals surface area contributed by atoms with Crippen LogP contribution in [0.1, 0.15) is 21.5 Å². The topological polar surface area (TPSA) is 97.3 Å². The molecular weight excluding hydrogens is 334 g/mol. The number of nitro benzene ring substituents is 1. The molecule has 0 aliphatic rings. The van der Waals surface area contributed by atoms with Crippen LogP contribution < -0.4 is 10.1 Å². The van der Waals surface area contributed by atoms with E-state index in [0.29, 0.717) is 24.1 Å². The second-order valence-electron chi connectivity index (χ2n) is 5.94. The standard InChI is InChI=1S/C19H19N3O4/c1-12-15(4-3-5-18(12)22(24)25)19(23)20-9-8-13-11-21-17-10-14(26-2)6-7-16(13)17/h3-7,10-11,21H,8-9H2,1-2H3,(H,20,23). The SMILES string of the molecule is COc1ccc2c(CCNC(=O)c3cccc([N+](=O)[O-])c3C)c[nH]c2c1. The van der Waals surface area contributed by atoms with Gasteiger partial charge in [-0.05, 0) is 37.1 Å². The van der Waals surface area contributed by atoms with Crippen LogP contribution in [0.4, 0.5) is 5.69 Å². The number of hydrogen-bond donors (Lipinski definition) is 2. The molecule has 0 aliphatic heterocycles. The first-order valence-electron chi connectivity index (χ1n) is 8.17. The fourth-order valence-corrected chi connectivity index (χ4v) is 2.97. The second-order valence-corrected chi connectivity index (χ2v) is 5.94. The number of H-pyrrole nitrogens is 1. The summed E-state index contributed by atoms with van der Waals surface area (Å²) in [4.78, 5) is 26.1. The number of methoxy groups -OCH3 is 1. The number of aromatic amines is 1. The Bertz CT molecular complexity index is 978. The highest BCUT2D eigenvalue weighted by atomic mass is 16.6. The van der Waals surface area contributed by atoms with Crippen molar-refractivity contribution in [2.75, 3.05) is 13.7 Å². The van der Waals surface area contributed by atoms with E-state index in [9.17, 15) is 14.9 Å². The lowest BCUT2D eigenvalue weighted by Crippen LogP contribution is -2.26. The molecule has 0 spiro atoms.